The average Bonchev–Trinajstić information content (AvgIpc) is 2.88. The molecule has 0 atom stereocenters. The minimum atomic E-state index is -4.12. The van der Waals surface area contributed by atoms with Gasteiger partial charge >= 0.3 is 5.97 Å². The molecule has 0 aliphatic carbocycles. The quantitative estimate of drug-likeness (QED) is 0.157. The van der Waals surface area contributed by atoms with E-state index in [1.807, 2.05) is 52.0 Å². The molecule has 3 aromatic rings. The van der Waals surface area contributed by atoms with Gasteiger partial charge in [-0.3, -0.25) is 9.52 Å². The van der Waals surface area contributed by atoms with Crippen molar-refractivity contribution in [2.75, 3.05) is 24.4 Å². The molecule has 0 radical (unpaired) electrons. The Balaban J connectivity index is 1.52. The number of aromatic nitrogens is 2. The molecule has 0 amide bonds. The summed E-state index contributed by atoms with van der Waals surface area (Å²) in [5.41, 5.74) is 2.74. The molecule has 0 fully saturated rings. The fourth-order valence-electron chi connectivity index (χ4n) is 3.82. The number of rotatable bonds is 14. The van der Waals surface area contributed by atoms with Crippen molar-refractivity contribution in [3.63, 3.8) is 0 Å². The van der Waals surface area contributed by atoms with E-state index in [9.17, 15) is 17.6 Å². The standard InChI is InChI=1S/C29H37FN4O5S/c1-21-15-16-25(34-40(36,37)26-13-7-12-24(30)32-26)33-28(21)23-11-6-5-10-22(23)20-38-19-9-18-31-17-8-14-27(35)39-29(2,3)4/h5-7,10-13,15-16,31H,8-9,14,17-20H2,1-4H3,(H,33,34). The Kier molecular flexibility index (Phi) is 11.1. The van der Waals surface area contributed by atoms with Gasteiger partial charge in [-0.25, -0.2) is 9.97 Å². The lowest BCUT2D eigenvalue weighted by atomic mass is 10.0. The number of halogens is 1. The summed E-state index contributed by atoms with van der Waals surface area (Å²) in [4.78, 5) is 19.7. The normalized spacial score (nSPS) is 11.8. The van der Waals surface area contributed by atoms with Crippen LogP contribution in [0.15, 0.2) is 59.6 Å². The molecular weight excluding hydrogens is 535 g/mol. The minimum absolute atomic E-state index is 0.0973. The monoisotopic (exact) mass is 572 g/mol. The first-order valence-electron chi connectivity index (χ1n) is 13.2. The van der Waals surface area contributed by atoms with Gasteiger partial charge in [0.05, 0.1) is 12.3 Å². The molecule has 40 heavy (non-hydrogen) atoms. The molecule has 0 aliphatic heterocycles. The zero-order valence-corrected chi connectivity index (χ0v) is 24.2. The summed E-state index contributed by atoms with van der Waals surface area (Å²) < 4.78 is 52.4. The van der Waals surface area contributed by atoms with Crippen LogP contribution >= 0.6 is 0 Å². The van der Waals surface area contributed by atoms with Gasteiger partial charge in [-0.15, -0.1) is 0 Å². The van der Waals surface area contributed by atoms with Crippen molar-refractivity contribution in [3.05, 3.63) is 71.7 Å². The number of sulfonamides is 1. The number of nitrogens with one attached hydrogen (secondary N) is 2. The van der Waals surface area contributed by atoms with Gasteiger partial charge in [-0.05, 0) is 83.0 Å². The Labute approximate surface area is 235 Å². The van der Waals surface area contributed by atoms with E-state index in [1.165, 1.54) is 12.1 Å². The number of anilines is 1. The van der Waals surface area contributed by atoms with Gasteiger partial charge in [0.15, 0.2) is 5.03 Å². The van der Waals surface area contributed by atoms with Crippen molar-refractivity contribution in [1.82, 2.24) is 15.3 Å². The SMILES string of the molecule is Cc1ccc(NS(=O)(=O)c2cccc(F)n2)nc1-c1ccccc1COCCCNCCCC(=O)OC(C)(C)C. The van der Waals surface area contributed by atoms with Crippen molar-refractivity contribution in [1.29, 1.82) is 0 Å². The topological polar surface area (TPSA) is 120 Å². The lowest BCUT2D eigenvalue weighted by Gasteiger charge is -2.19. The average molecular weight is 573 g/mol. The van der Waals surface area contributed by atoms with Crippen LogP contribution in [0.4, 0.5) is 10.2 Å². The number of hydrogen-bond donors (Lipinski definition) is 2. The predicted octanol–water partition coefficient (Wildman–Crippen LogP) is 5.01. The van der Waals surface area contributed by atoms with Gasteiger partial charge in [0.2, 0.25) is 5.95 Å². The van der Waals surface area contributed by atoms with Crippen LogP contribution in [0, 0.1) is 12.9 Å². The first-order chi connectivity index (χ1) is 18.9. The Morgan fingerprint density at radius 1 is 0.975 bits per heavy atom. The number of ether oxygens (including phenoxy) is 2. The molecule has 11 heteroatoms. The zero-order chi connectivity index (χ0) is 29.2. The summed E-state index contributed by atoms with van der Waals surface area (Å²) in [6.45, 7) is 9.85. The molecule has 2 heterocycles. The molecule has 0 unspecified atom stereocenters. The van der Waals surface area contributed by atoms with Crippen LogP contribution in [-0.2, 0) is 30.9 Å². The fourth-order valence-corrected chi connectivity index (χ4v) is 4.78. The van der Waals surface area contributed by atoms with Gasteiger partial charge in [0.25, 0.3) is 10.0 Å². The summed E-state index contributed by atoms with van der Waals surface area (Å²) in [7, 11) is -4.12. The summed E-state index contributed by atoms with van der Waals surface area (Å²) in [6, 6.07) is 14.5. The predicted molar refractivity (Wildman–Crippen MR) is 152 cm³/mol. The van der Waals surface area contributed by atoms with Gasteiger partial charge in [0, 0.05) is 18.6 Å². The first kappa shape index (κ1) is 31.1. The van der Waals surface area contributed by atoms with E-state index in [0.717, 1.165) is 42.3 Å². The Morgan fingerprint density at radius 3 is 2.48 bits per heavy atom. The third kappa shape index (κ3) is 9.96. The van der Waals surface area contributed by atoms with Crippen LogP contribution < -0.4 is 10.0 Å². The highest BCUT2D eigenvalue weighted by atomic mass is 32.2. The highest BCUT2D eigenvalue weighted by Crippen LogP contribution is 2.28. The van der Waals surface area contributed by atoms with E-state index in [1.54, 1.807) is 12.1 Å². The van der Waals surface area contributed by atoms with E-state index in [4.69, 9.17) is 9.47 Å². The molecule has 3 rings (SSSR count). The van der Waals surface area contributed by atoms with Gasteiger partial charge in [-0.1, -0.05) is 36.4 Å². The third-order valence-electron chi connectivity index (χ3n) is 5.63. The molecule has 9 nitrogen and oxygen atoms in total. The molecule has 0 saturated carbocycles. The van der Waals surface area contributed by atoms with E-state index < -0.39 is 26.6 Å². The molecule has 0 aliphatic rings. The van der Waals surface area contributed by atoms with Crippen molar-refractivity contribution in [2.24, 2.45) is 0 Å². The highest BCUT2D eigenvalue weighted by Gasteiger charge is 2.19. The highest BCUT2D eigenvalue weighted by molar-refractivity contribution is 7.92. The maximum Gasteiger partial charge on any atom is 0.306 e. The number of aryl methyl sites for hydroxylation is 1. The van der Waals surface area contributed by atoms with Gasteiger partial charge < -0.3 is 14.8 Å². The van der Waals surface area contributed by atoms with Crippen molar-refractivity contribution in [2.45, 2.75) is 64.2 Å². The second kappa shape index (κ2) is 14.3. The van der Waals surface area contributed by atoms with Crippen LogP contribution in [0.5, 0.6) is 0 Å². The van der Waals surface area contributed by atoms with Crippen LogP contribution in [0.1, 0.15) is 51.2 Å². The smallest absolute Gasteiger partial charge is 0.306 e. The van der Waals surface area contributed by atoms with E-state index in [2.05, 4.69) is 20.0 Å². The van der Waals surface area contributed by atoms with Crippen LogP contribution in [0.25, 0.3) is 11.3 Å². The first-order valence-corrected chi connectivity index (χ1v) is 14.6. The second-order valence-corrected chi connectivity index (χ2v) is 11.9. The van der Waals surface area contributed by atoms with Crippen molar-refractivity contribution >= 4 is 21.8 Å². The molecule has 2 aromatic heterocycles. The Bertz CT molecular complexity index is 1390. The second-order valence-electron chi connectivity index (χ2n) is 10.3. The molecule has 0 saturated heterocycles. The molecule has 0 bridgehead atoms. The summed E-state index contributed by atoms with van der Waals surface area (Å²) >= 11 is 0. The minimum Gasteiger partial charge on any atom is -0.460 e. The number of carbonyl (C=O) groups excluding carboxylic acids is 1. The number of nitrogens with zero attached hydrogens (tertiary/aromatic N) is 2. The van der Waals surface area contributed by atoms with Crippen molar-refractivity contribution < 1.29 is 27.1 Å². The van der Waals surface area contributed by atoms with E-state index in [-0.39, 0.29) is 11.8 Å². The fraction of sp³-hybridized carbons (Fsp3) is 0.414. The number of pyridine rings is 2. The number of esters is 1. The van der Waals surface area contributed by atoms with Crippen LogP contribution in [0.3, 0.4) is 0 Å². The number of carbonyl (C=O) groups is 1. The van der Waals surface area contributed by atoms with Crippen LogP contribution in [-0.4, -0.2) is 49.7 Å². The maximum absolute atomic E-state index is 13.5. The lowest BCUT2D eigenvalue weighted by molar-refractivity contribution is -0.154. The molecule has 2 N–H and O–H groups in total. The van der Waals surface area contributed by atoms with Crippen LogP contribution in [0.2, 0.25) is 0 Å². The van der Waals surface area contributed by atoms with Gasteiger partial charge in [0.1, 0.15) is 11.4 Å². The van der Waals surface area contributed by atoms with E-state index >= 15 is 0 Å². The van der Waals surface area contributed by atoms with Gasteiger partial charge in [-0.2, -0.15) is 12.8 Å². The number of hydrogen-bond acceptors (Lipinski definition) is 8. The van der Waals surface area contributed by atoms with E-state index in [0.29, 0.717) is 31.7 Å². The molecule has 0 spiro atoms. The number of benzene rings is 1. The largest absolute Gasteiger partial charge is 0.460 e. The maximum atomic E-state index is 13.5. The Morgan fingerprint density at radius 2 is 1.73 bits per heavy atom. The molecule has 1 aromatic carbocycles. The van der Waals surface area contributed by atoms with Crippen molar-refractivity contribution in [3.8, 4) is 11.3 Å². The summed E-state index contributed by atoms with van der Waals surface area (Å²) in [5.74, 6) is -0.976. The Hall–Kier alpha value is -3.41. The summed E-state index contributed by atoms with van der Waals surface area (Å²) in [5, 5.41) is 2.88. The lowest BCUT2D eigenvalue weighted by Crippen LogP contribution is -2.25. The summed E-state index contributed by atoms with van der Waals surface area (Å²) in [6.07, 6.45) is 1.90. The third-order valence-corrected chi connectivity index (χ3v) is 6.88. The zero-order valence-electron chi connectivity index (χ0n) is 23.4. The molecule has 216 valence electrons. The molecular formula is C29H37FN4O5S.